The second-order valence-corrected chi connectivity index (χ2v) is 16.1. The van der Waals surface area contributed by atoms with E-state index >= 15 is 0 Å². The lowest BCUT2D eigenvalue weighted by Crippen LogP contribution is -2.41. The van der Waals surface area contributed by atoms with Crippen LogP contribution in [0.3, 0.4) is 0 Å². The minimum Gasteiger partial charge on any atom is -0.354 e. The van der Waals surface area contributed by atoms with Gasteiger partial charge < -0.3 is 5.32 Å². The maximum absolute atomic E-state index is 4.06. The fourth-order valence-electron chi connectivity index (χ4n) is 10.8. The SMILES string of the molecule is [B]1c2cccc3c2C(CCc2ccc4ccccc4c2-3)c2cc(-c3ccccc3)cc(-c3cccc4c3Nc3ccccc3C4(c3ccccc3)c3ccccc3)c21. The summed E-state index contributed by atoms with van der Waals surface area (Å²) < 4.78 is 0. The Labute approximate surface area is 340 Å². The molecule has 1 N–H and O–H groups in total. The van der Waals surface area contributed by atoms with Crippen molar-refractivity contribution < 1.29 is 0 Å². The van der Waals surface area contributed by atoms with Gasteiger partial charge in [0.15, 0.2) is 7.28 Å². The van der Waals surface area contributed by atoms with Gasteiger partial charge in [-0.05, 0) is 103 Å². The Balaban J connectivity index is 1.14. The summed E-state index contributed by atoms with van der Waals surface area (Å²) in [6.07, 6.45) is 2.08. The van der Waals surface area contributed by atoms with E-state index in [-0.39, 0.29) is 5.92 Å². The van der Waals surface area contributed by atoms with E-state index in [9.17, 15) is 0 Å². The Kier molecular flexibility index (Phi) is 7.50. The molecule has 0 saturated heterocycles. The molecule has 0 saturated carbocycles. The van der Waals surface area contributed by atoms with Gasteiger partial charge in [-0.1, -0.05) is 199 Å². The molecule has 1 radical (unpaired) electrons. The molecule has 0 bridgehead atoms. The molecule has 1 atom stereocenters. The number of para-hydroxylation sites is 2. The standard InChI is InChI=1S/C56H39BN/c1-4-16-36(17-5-1)39-34-46-43-33-32-38-31-30-37-18-10-11-23-42(37)52(38)45-25-15-28-50(53(43)45)57-54(46)47(35-39)44-24-14-27-49-55(44)58-51-29-13-12-26-48(51)56(49,40-19-6-2-7-20-40)41-21-8-3-9-22-41/h1-31,34-35,43,58H,32-33H2. The van der Waals surface area contributed by atoms with Crippen LogP contribution in [0.1, 0.15) is 51.3 Å². The van der Waals surface area contributed by atoms with Crippen LogP contribution in [-0.2, 0) is 11.8 Å². The molecule has 9 aromatic carbocycles. The van der Waals surface area contributed by atoms with E-state index in [1.54, 1.807) is 0 Å². The largest absolute Gasteiger partial charge is 0.354 e. The quantitative estimate of drug-likeness (QED) is 0.177. The third-order valence-electron chi connectivity index (χ3n) is 13.2. The molecule has 0 aromatic heterocycles. The van der Waals surface area contributed by atoms with Crippen LogP contribution < -0.4 is 16.2 Å². The van der Waals surface area contributed by atoms with Crippen molar-refractivity contribution in [1.82, 2.24) is 0 Å². The molecule has 58 heavy (non-hydrogen) atoms. The fourth-order valence-corrected chi connectivity index (χ4v) is 10.8. The zero-order valence-electron chi connectivity index (χ0n) is 32.1. The summed E-state index contributed by atoms with van der Waals surface area (Å²) in [5, 5.41) is 6.71. The van der Waals surface area contributed by atoms with Crippen LogP contribution in [0, 0.1) is 0 Å². The minimum absolute atomic E-state index is 0.251. The molecule has 2 heteroatoms. The zero-order valence-corrected chi connectivity index (χ0v) is 32.1. The average Bonchev–Trinajstić information content (AvgIpc) is 3.47. The van der Waals surface area contributed by atoms with Crippen molar-refractivity contribution in [1.29, 1.82) is 0 Å². The van der Waals surface area contributed by atoms with E-state index in [1.807, 2.05) is 0 Å². The molecule has 2 heterocycles. The summed E-state index contributed by atoms with van der Waals surface area (Å²) in [5.41, 5.74) is 21.5. The predicted octanol–water partition coefficient (Wildman–Crippen LogP) is 12.3. The maximum atomic E-state index is 4.06. The van der Waals surface area contributed by atoms with Gasteiger partial charge in [-0.15, -0.1) is 0 Å². The number of hydrogen-bond donors (Lipinski definition) is 1. The van der Waals surface area contributed by atoms with E-state index in [0.29, 0.717) is 0 Å². The van der Waals surface area contributed by atoms with Crippen molar-refractivity contribution >= 4 is 40.4 Å². The van der Waals surface area contributed by atoms with Gasteiger partial charge in [0, 0.05) is 17.2 Å². The first kappa shape index (κ1) is 33.3. The van der Waals surface area contributed by atoms with Crippen molar-refractivity contribution in [3.63, 3.8) is 0 Å². The monoisotopic (exact) mass is 736 g/mol. The highest BCUT2D eigenvalue weighted by Crippen LogP contribution is 2.56. The van der Waals surface area contributed by atoms with Crippen molar-refractivity contribution in [3.05, 3.63) is 239 Å². The lowest BCUT2D eigenvalue weighted by atomic mass is 9.51. The Morgan fingerprint density at radius 2 is 1.19 bits per heavy atom. The average molecular weight is 737 g/mol. The Morgan fingerprint density at radius 3 is 2.00 bits per heavy atom. The zero-order chi connectivity index (χ0) is 38.2. The third-order valence-corrected chi connectivity index (χ3v) is 13.2. The number of fused-ring (bicyclic) bond motifs is 8. The lowest BCUT2D eigenvalue weighted by Gasteiger charge is -2.43. The number of anilines is 2. The topological polar surface area (TPSA) is 12.0 Å². The highest BCUT2D eigenvalue weighted by atomic mass is 14.9. The summed E-state index contributed by atoms with van der Waals surface area (Å²) in [5.74, 6) is 0.251. The summed E-state index contributed by atoms with van der Waals surface area (Å²) in [6, 6.07) is 74.7. The molecule has 0 amide bonds. The fraction of sp³-hybridized carbons (Fsp3) is 0.0714. The van der Waals surface area contributed by atoms with Crippen molar-refractivity contribution in [2.75, 3.05) is 5.32 Å². The molecule has 0 fully saturated rings. The molecule has 1 unspecified atom stereocenters. The van der Waals surface area contributed by atoms with Gasteiger partial charge in [0.1, 0.15) is 0 Å². The molecule has 9 aromatic rings. The van der Waals surface area contributed by atoms with Gasteiger partial charge in [-0.3, -0.25) is 0 Å². The number of rotatable bonds is 4. The number of hydrogen-bond acceptors (Lipinski definition) is 1. The molecular weight excluding hydrogens is 697 g/mol. The summed E-state index contributed by atoms with van der Waals surface area (Å²) >= 11 is 0. The van der Waals surface area contributed by atoms with Crippen LogP contribution in [0.4, 0.5) is 11.4 Å². The Hall–Kier alpha value is -6.90. The first-order valence-electron chi connectivity index (χ1n) is 20.6. The van der Waals surface area contributed by atoms with Crippen molar-refractivity contribution in [2.24, 2.45) is 0 Å². The van der Waals surface area contributed by atoms with E-state index in [2.05, 4.69) is 213 Å². The van der Waals surface area contributed by atoms with Crippen LogP contribution in [0.25, 0.3) is 44.2 Å². The van der Waals surface area contributed by atoms with E-state index in [1.165, 1.54) is 94.0 Å². The molecule has 271 valence electrons. The molecule has 2 aliphatic heterocycles. The van der Waals surface area contributed by atoms with Crippen LogP contribution in [0.5, 0.6) is 0 Å². The summed E-state index contributed by atoms with van der Waals surface area (Å²) in [7, 11) is 2.50. The molecule has 1 nitrogen and oxygen atoms in total. The second kappa shape index (κ2) is 13.1. The molecule has 12 rings (SSSR count). The first-order valence-corrected chi connectivity index (χ1v) is 20.6. The van der Waals surface area contributed by atoms with Gasteiger partial charge in [0.2, 0.25) is 0 Å². The van der Waals surface area contributed by atoms with Gasteiger partial charge in [0.25, 0.3) is 0 Å². The first-order chi connectivity index (χ1) is 28.8. The van der Waals surface area contributed by atoms with E-state index < -0.39 is 5.41 Å². The Bertz CT molecular complexity index is 3020. The highest BCUT2D eigenvalue weighted by Gasteiger charge is 2.45. The second-order valence-electron chi connectivity index (χ2n) is 16.1. The normalized spacial score (nSPS) is 15.3. The van der Waals surface area contributed by atoms with Crippen LogP contribution in [-0.4, -0.2) is 7.28 Å². The summed E-state index contributed by atoms with van der Waals surface area (Å²) in [6.45, 7) is 0. The lowest BCUT2D eigenvalue weighted by molar-refractivity contribution is 0.730. The van der Waals surface area contributed by atoms with Gasteiger partial charge in [0.05, 0.1) is 11.1 Å². The van der Waals surface area contributed by atoms with Gasteiger partial charge in [-0.2, -0.15) is 0 Å². The van der Waals surface area contributed by atoms with Crippen molar-refractivity contribution in [2.45, 2.75) is 24.2 Å². The van der Waals surface area contributed by atoms with Gasteiger partial charge >= 0.3 is 0 Å². The summed E-state index contributed by atoms with van der Waals surface area (Å²) in [4.78, 5) is 0. The highest BCUT2D eigenvalue weighted by molar-refractivity contribution is 6.70. The maximum Gasteiger partial charge on any atom is 0.193 e. The van der Waals surface area contributed by atoms with Crippen LogP contribution in [0.2, 0.25) is 0 Å². The third kappa shape index (κ3) is 4.85. The van der Waals surface area contributed by atoms with Gasteiger partial charge in [-0.25, -0.2) is 0 Å². The minimum atomic E-state index is -0.534. The molecule has 0 spiro atoms. The molecule has 3 aliphatic rings. The predicted molar refractivity (Wildman–Crippen MR) is 243 cm³/mol. The van der Waals surface area contributed by atoms with Crippen LogP contribution in [0.15, 0.2) is 200 Å². The van der Waals surface area contributed by atoms with E-state index in [0.717, 1.165) is 24.2 Å². The number of nitrogens with one attached hydrogen (secondary N) is 1. The van der Waals surface area contributed by atoms with E-state index in [4.69, 9.17) is 0 Å². The van der Waals surface area contributed by atoms with Crippen LogP contribution >= 0.6 is 0 Å². The Morgan fingerprint density at radius 1 is 0.517 bits per heavy atom. The molecular formula is C56H39BN. The smallest absolute Gasteiger partial charge is 0.193 e. The number of benzene rings is 9. The molecule has 1 aliphatic carbocycles. The van der Waals surface area contributed by atoms with Crippen molar-refractivity contribution in [3.8, 4) is 33.4 Å². The number of aryl methyl sites for hydroxylation is 1.